The quantitative estimate of drug-likeness (QED) is 0.625. The highest BCUT2D eigenvalue weighted by molar-refractivity contribution is 5.94. The zero-order valence-electron chi connectivity index (χ0n) is 13.8. The molecule has 0 atom stereocenters. The summed E-state index contributed by atoms with van der Waals surface area (Å²) in [5, 5.41) is 10.7. The van der Waals surface area contributed by atoms with Crippen LogP contribution in [0.5, 0.6) is 0 Å². The van der Waals surface area contributed by atoms with Crippen LogP contribution in [0.1, 0.15) is 49.9 Å². The summed E-state index contributed by atoms with van der Waals surface area (Å²) in [7, 11) is 0. The summed E-state index contributed by atoms with van der Waals surface area (Å²) in [6, 6.07) is 5.91. The van der Waals surface area contributed by atoms with E-state index in [1.807, 2.05) is 4.90 Å². The van der Waals surface area contributed by atoms with E-state index < -0.39 is 4.92 Å². The van der Waals surface area contributed by atoms with Crippen LogP contribution in [-0.2, 0) is 0 Å². The molecule has 124 valence electrons. The summed E-state index contributed by atoms with van der Waals surface area (Å²) in [6.45, 7) is 6.33. The van der Waals surface area contributed by atoms with Crippen molar-refractivity contribution in [3.8, 4) is 0 Å². The molecule has 1 aromatic carbocycles. The Bertz CT molecular complexity index is 597. The molecule has 1 aromatic rings. The largest absolute Gasteiger partial charge is 0.339 e. The van der Waals surface area contributed by atoms with E-state index in [0.29, 0.717) is 16.9 Å². The van der Waals surface area contributed by atoms with Gasteiger partial charge in [0.05, 0.1) is 4.92 Å². The number of amides is 1. The normalized spacial score (nSPS) is 19.7. The second kappa shape index (κ2) is 5.95. The molecule has 1 aliphatic heterocycles. The number of hydrogen-bond acceptors (Lipinski definition) is 3. The highest BCUT2D eigenvalue weighted by Gasteiger charge is 2.44. The molecule has 0 N–H and O–H groups in total. The number of hydrogen-bond donors (Lipinski definition) is 0. The van der Waals surface area contributed by atoms with Gasteiger partial charge in [0.2, 0.25) is 0 Å². The number of carbonyl (C=O) groups is 1. The van der Waals surface area contributed by atoms with E-state index in [1.54, 1.807) is 12.1 Å². The minimum absolute atomic E-state index is 0.0115. The van der Waals surface area contributed by atoms with Crippen LogP contribution in [0.3, 0.4) is 0 Å². The lowest BCUT2D eigenvalue weighted by Crippen LogP contribution is -2.42. The van der Waals surface area contributed by atoms with Gasteiger partial charge < -0.3 is 4.90 Å². The number of benzene rings is 1. The molecule has 0 aromatic heterocycles. The van der Waals surface area contributed by atoms with Crippen LogP contribution < -0.4 is 0 Å². The van der Waals surface area contributed by atoms with Gasteiger partial charge in [0, 0.05) is 30.8 Å². The lowest BCUT2D eigenvalue weighted by atomic mass is 9.70. The van der Waals surface area contributed by atoms with E-state index in [4.69, 9.17) is 0 Å². The van der Waals surface area contributed by atoms with E-state index in [2.05, 4.69) is 13.8 Å². The highest BCUT2D eigenvalue weighted by Crippen LogP contribution is 2.52. The van der Waals surface area contributed by atoms with E-state index in [1.165, 1.54) is 25.0 Å². The number of nitrogens with zero attached hydrogens (tertiary/aromatic N) is 2. The smallest absolute Gasteiger partial charge is 0.269 e. The fraction of sp³-hybridized carbons (Fsp3) is 0.611. The van der Waals surface area contributed by atoms with Gasteiger partial charge in [-0.3, -0.25) is 14.9 Å². The number of rotatable bonds is 4. The zero-order valence-corrected chi connectivity index (χ0v) is 13.8. The third kappa shape index (κ3) is 3.23. The van der Waals surface area contributed by atoms with Gasteiger partial charge in [-0.2, -0.15) is 0 Å². The minimum atomic E-state index is -0.445. The summed E-state index contributed by atoms with van der Waals surface area (Å²) < 4.78 is 0. The number of non-ortho nitro benzene ring substituents is 1. The maximum Gasteiger partial charge on any atom is 0.269 e. The first-order valence-corrected chi connectivity index (χ1v) is 8.43. The monoisotopic (exact) mass is 316 g/mol. The molecule has 2 aliphatic rings. The Kier molecular flexibility index (Phi) is 4.13. The molecule has 23 heavy (non-hydrogen) atoms. The van der Waals surface area contributed by atoms with E-state index in [9.17, 15) is 14.9 Å². The van der Waals surface area contributed by atoms with Crippen LogP contribution in [0, 0.1) is 27.4 Å². The summed E-state index contributed by atoms with van der Waals surface area (Å²) in [5.41, 5.74) is 0.949. The Morgan fingerprint density at radius 3 is 2.09 bits per heavy atom. The van der Waals surface area contributed by atoms with Crippen LogP contribution in [0.4, 0.5) is 5.69 Å². The summed E-state index contributed by atoms with van der Waals surface area (Å²) in [6.07, 6.45) is 4.83. The molecule has 0 radical (unpaired) electrons. The van der Waals surface area contributed by atoms with Crippen LogP contribution in [0.2, 0.25) is 0 Å². The van der Waals surface area contributed by atoms with E-state index in [0.717, 1.165) is 31.8 Å². The first-order valence-electron chi connectivity index (χ1n) is 8.43. The summed E-state index contributed by atoms with van der Waals surface area (Å²) >= 11 is 0. The van der Waals surface area contributed by atoms with E-state index >= 15 is 0 Å². The molecule has 5 nitrogen and oxygen atoms in total. The maximum atomic E-state index is 12.5. The topological polar surface area (TPSA) is 63.5 Å². The molecule has 0 unspecified atom stereocenters. The number of nitro benzene ring substituents is 1. The Morgan fingerprint density at radius 2 is 1.61 bits per heavy atom. The van der Waals surface area contributed by atoms with Gasteiger partial charge in [0.1, 0.15) is 0 Å². The summed E-state index contributed by atoms with van der Waals surface area (Å²) in [4.78, 5) is 24.7. The molecule has 1 heterocycles. The van der Waals surface area contributed by atoms with Gasteiger partial charge >= 0.3 is 0 Å². The molecule has 0 spiro atoms. The molecular weight excluding hydrogens is 292 g/mol. The number of likely N-dealkylation sites (tertiary alicyclic amines) is 1. The van der Waals surface area contributed by atoms with Crippen molar-refractivity contribution < 1.29 is 9.72 Å². The zero-order chi connectivity index (χ0) is 16.6. The van der Waals surface area contributed by atoms with Crippen molar-refractivity contribution >= 4 is 11.6 Å². The van der Waals surface area contributed by atoms with Crippen molar-refractivity contribution in [2.24, 2.45) is 17.3 Å². The van der Waals surface area contributed by atoms with Crippen LogP contribution in [-0.4, -0.2) is 28.8 Å². The fourth-order valence-electron chi connectivity index (χ4n) is 3.90. The predicted molar refractivity (Wildman–Crippen MR) is 88.2 cm³/mol. The standard InChI is InChI=1S/C18H24N2O3/c1-18(2,14-5-6-14)15-9-11-19(12-10-15)17(21)13-3-7-16(8-4-13)20(22)23/h3-4,7-8,14-15H,5-6,9-12H2,1-2H3. The first kappa shape index (κ1) is 16.0. The van der Waals surface area contributed by atoms with Gasteiger partial charge in [-0.05, 0) is 55.1 Å². The van der Waals surface area contributed by atoms with Crippen molar-refractivity contribution in [3.63, 3.8) is 0 Å². The molecule has 1 saturated heterocycles. The average Bonchev–Trinajstić information content (AvgIpc) is 3.40. The average molecular weight is 316 g/mol. The fourth-order valence-corrected chi connectivity index (χ4v) is 3.90. The van der Waals surface area contributed by atoms with Gasteiger partial charge in [0.25, 0.3) is 11.6 Å². The SMILES string of the molecule is CC(C)(C1CC1)C1CCN(C(=O)c2ccc([N+](=O)[O-])cc2)CC1. The van der Waals surface area contributed by atoms with Crippen molar-refractivity contribution in [1.82, 2.24) is 4.90 Å². The van der Waals surface area contributed by atoms with Gasteiger partial charge in [0.15, 0.2) is 0 Å². The minimum Gasteiger partial charge on any atom is -0.339 e. The molecule has 3 rings (SSSR count). The van der Waals surface area contributed by atoms with Crippen molar-refractivity contribution in [3.05, 3.63) is 39.9 Å². The first-order chi connectivity index (χ1) is 10.9. The second-order valence-corrected chi connectivity index (χ2v) is 7.47. The van der Waals surface area contributed by atoms with Crippen LogP contribution >= 0.6 is 0 Å². The molecule has 1 saturated carbocycles. The van der Waals surface area contributed by atoms with Crippen LogP contribution in [0.25, 0.3) is 0 Å². The lowest BCUT2D eigenvalue weighted by Gasteiger charge is -2.41. The molecule has 1 aliphatic carbocycles. The van der Waals surface area contributed by atoms with Crippen molar-refractivity contribution in [1.29, 1.82) is 0 Å². The molecular formula is C18H24N2O3. The molecule has 5 heteroatoms. The molecule has 2 fully saturated rings. The summed E-state index contributed by atoms with van der Waals surface area (Å²) in [5.74, 6) is 1.54. The predicted octanol–water partition coefficient (Wildman–Crippen LogP) is 3.88. The van der Waals surface area contributed by atoms with Crippen molar-refractivity contribution in [2.45, 2.75) is 39.5 Å². The third-order valence-corrected chi connectivity index (χ3v) is 5.79. The van der Waals surface area contributed by atoms with Gasteiger partial charge in [-0.1, -0.05) is 13.8 Å². The Labute approximate surface area is 136 Å². The number of nitro groups is 1. The molecule has 0 bridgehead atoms. The van der Waals surface area contributed by atoms with Gasteiger partial charge in [-0.25, -0.2) is 0 Å². The Balaban J connectivity index is 1.60. The Hall–Kier alpha value is -1.91. The van der Waals surface area contributed by atoms with Gasteiger partial charge in [-0.15, -0.1) is 0 Å². The second-order valence-electron chi connectivity index (χ2n) is 7.47. The third-order valence-electron chi connectivity index (χ3n) is 5.79. The van der Waals surface area contributed by atoms with E-state index in [-0.39, 0.29) is 11.6 Å². The van der Waals surface area contributed by atoms with Crippen molar-refractivity contribution in [2.75, 3.05) is 13.1 Å². The maximum absolute atomic E-state index is 12.5. The number of carbonyl (C=O) groups excluding carboxylic acids is 1. The number of piperidine rings is 1. The highest BCUT2D eigenvalue weighted by atomic mass is 16.6. The lowest BCUT2D eigenvalue weighted by molar-refractivity contribution is -0.384. The Morgan fingerprint density at radius 1 is 1.09 bits per heavy atom. The van der Waals surface area contributed by atoms with Crippen LogP contribution in [0.15, 0.2) is 24.3 Å². The molecule has 1 amide bonds.